The Labute approximate surface area is 93.3 Å². The van der Waals surface area contributed by atoms with Gasteiger partial charge in [-0.05, 0) is 6.92 Å². The zero-order valence-corrected chi connectivity index (χ0v) is 9.20. The molecule has 0 aromatic carbocycles. The van der Waals surface area contributed by atoms with Crippen LogP contribution in [0.2, 0.25) is 0 Å². The SMILES string of the molecule is CCN(CC(N)=S)C(=O)c1cncnc1. The number of hydrogen-bond donors (Lipinski definition) is 1. The van der Waals surface area contributed by atoms with Gasteiger partial charge in [-0.15, -0.1) is 0 Å². The standard InChI is InChI=1S/C9H12N4OS/c1-2-13(5-8(10)15)9(14)7-3-11-6-12-4-7/h3-4,6H,2,5H2,1H3,(H2,10,15). The van der Waals surface area contributed by atoms with Crippen molar-refractivity contribution in [2.75, 3.05) is 13.1 Å². The second kappa shape index (κ2) is 5.35. The minimum atomic E-state index is -0.161. The van der Waals surface area contributed by atoms with Gasteiger partial charge in [0.25, 0.3) is 5.91 Å². The average Bonchev–Trinajstić information content (AvgIpc) is 2.26. The van der Waals surface area contributed by atoms with E-state index in [1.165, 1.54) is 18.7 Å². The molecule has 0 saturated carbocycles. The van der Waals surface area contributed by atoms with Crippen LogP contribution in [0.1, 0.15) is 17.3 Å². The maximum atomic E-state index is 11.8. The van der Waals surface area contributed by atoms with Crippen molar-refractivity contribution in [1.29, 1.82) is 0 Å². The highest BCUT2D eigenvalue weighted by atomic mass is 32.1. The number of amides is 1. The summed E-state index contributed by atoms with van der Waals surface area (Å²) >= 11 is 4.76. The van der Waals surface area contributed by atoms with Crippen molar-refractivity contribution in [2.24, 2.45) is 5.73 Å². The number of rotatable bonds is 4. The van der Waals surface area contributed by atoms with Crippen molar-refractivity contribution < 1.29 is 4.79 Å². The Hall–Kier alpha value is -1.56. The molecule has 1 amide bonds. The summed E-state index contributed by atoms with van der Waals surface area (Å²) in [4.78, 5) is 21.2. The molecule has 0 aliphatic rings. The number of thiocarbonyl (C=S) groups is 1. The minimum absolute atomic E-state index is 0.161. The molecule has 0 saturated heterocycles. The van der Waals surface area contributed by atoms with E-state index in [4.69, 9.17) is 18.0 Å². The van der Waals surface area contributed by atoms with Gasteiger partial charge in [-0.25, -0.2) is 9.97 Å². The number of hydrogen-bond acceptors (Lipinski definition) is 4. The van der Waals surface area contributed by atoms with E-state index in [1.807, 2.05) is 6.92 Å². The molecule has 0 fully saturated rings. The van der Waals surface area contributed by atoms with Gasteiger partial charge in [0.05, 0.1) is 17.1 Å². The van der Waals surface area contributed by atoms with Gasteiger partial charge >= 0.3 is 0 Å². The number of carbonyl (C=O) groups is 1. The molecule has 15 heavy (non-hydrogen) atoms. The summed E-state index contributed by atoms with van der Waals surface area (Å²) in [6, 6.07) is 0. The van der Waals surface area contributed by atoms with Gasteiger partial charge in [-0.1, -0.05) is 12.2 Å². The van der Waals surface area contributed by atoms with Crippen LogP contribution in [0.3, 0.4) is 0 Å². The summed E-state index contributed by atoms with van der Waals surface area (Å²) in [6.45, 7) is 2.69. The number of carbonyl (C=O) groups excluding carboxylic acids is 1. The molecule has 0 spiro atoms. The zero-order valence-electron chi connectivity index (χ0n) is 8.38. The van der Waals surface area contributed by atoms with Gasteiger partial charge in [0, 0.05) is 18.9 Å². The lowest BCUT2D eigenvalue weighted by molar-refractivity contribution is 0.0787. The van der Waals surface area contributed by atoms with Crippen LogP contribution in [-0.4, -0.2) is 38.9 Å². The number of likely N-dealkylation sites (N-methyl/N-ethyl adjacent to an activating group) is 1. The Morgan fingerprint density at radius 1 is 1.53 bits per heavy atom. The number of nitrogens with zero attached hydrogens (tertiary/aromatic N) is 3. The Morgan fingerprint density at radius 3 is 2.60 bits per heavy atom. The molecule has 0 aliphatic heterocycles. The fourth-order valence-corrected chi connectivity index (χ4v) is 1.26. The van der Waals surface area contributed by atoms with Gasteiger partial charge in [0.2, 0.25) is 0 Å². The van der Waals surface area contributed by atoms with Crippen LogP contribution in [0.4, 0.5) is 0 Å². The second-order valence-electron chi connectivity index (χ2n) is 2.91. The van der Waals surface area contributed by atoms with E-state index < -0.39 is 0 Å². The molecule has 2 N–H and O–H groups in total. The lowest BCUT2D eigenvalue weighted by Crippen LogP contribution is -2.37. The van der Waals surface area contributed by atoms with Crippen molar-refractivity contribution in [1.82, 2.24) is 14.9 Å². The zero-order chi connectivity index (χ0) is 11.3. The smallest absolute Gasteiger partial charge is 0.257 e. The first kappa shape index (κ1) is 11.5. The van der Waals surface area contributed by atoms with Crippen molar-refractivity contribution in [3.63, 3.8) is 0 Å². The Balaban J connectivity index is 2.78. The van der Waals surface area contributed by atoms with Crippen LogP contribution in [0.15, 0.2) is 18.7 Å². The number of nitrogens with two attached hydrogens (primary N) is 1. The largest absolute Gasteiger partial charge is 0.392 e. The molecule has 0 unspecified atom stereocenters. The summed E-state index contributed by atoms with van der Waals surface area (Å²) in [5.41, 5.74) is 5.83. The van der Waals surface area contributed by atoms with Gasteiger partial charge in [0.1, 0.15) is 6.33 Å². The van der Waals surface area contributed by atoms with E-state index in [0.29, 0.717) is 17.1 Å². The summed E-state index contributed by atoms with van der Waals surface area (Å²) in [7, 11) is 0. The Bertz CT molecular complexity index is 354. The topological polar surface area (TPSA) is 72.1 Å². The van der Waals surface area contributed by atoms with Crippen molar-refractivity contribution >= 4 is 23.1 Å². The minimum Gasteiger partial charge on any atom is -0.392 e. The first-order valence-corrected chi connectivity index (χ1v) is 4.88. The molecule has 6 heteroatoms. The van der Waals surface area contributed by atoms with Crippen molar-refractivity contribution in [3.05, 3.63) is 24.3 Å². The van der Waals surface area contributed by atoms with Crippen molar-refractivity contribution in [2.45, 2.75) is 6.92 Å². The van der Waals surface area contributed by atoms with Gasteiger partial charge in [-0.2, -0.15) is 0 Å². The fourth-order valence-electron chi connectivity index (χ4n) is 1.11. The summed E-state index contributed by atoms with van der Waals surface area (Å²) in [5.74, 6) is -0.161. The first-order valence-electron chi connectivity index (χ1n) is 4.47. The highest BCUT2D eigenvalue weighted by molar-refractivity contribution is 7.80. The van der Waals surface area contributed by atoms with Gasteiger partial charge in [-0.3, -0.25) is 4.79 Å². The predicted octanol–water partition coefficient (Wildman–Crippen LogP) is 0.225. The van der Waals surface area contributed by atoms with E-state index in [0.717, 1.165) is 0 Å². The van der Waals surface area contributed by atoms with E-state index in [1.54, 1.807) is 4.90 Å². The highest BCUT2D eigenvalue weighted by Crippen LogP contribution is 2.01. The lowest BCUT2D eigenvalue weighted by atomic mass is 10.3. The van der Waals surface area contributed by atoms with Crippen LogP contribution in [0.5, 0.6) is 0 Å². The van der Waals surface area contributed by atoms with Crippen LogP contribution in [-0.2, 0) is 0 Å². The quantitative estimate of drug-likeness (QED) is 0.741. The summed E-state index contributed by atoms with van der Waals surface area (Å²) in [5, 5.41) is 0. The van der Waals surface area contributed by atoms with E-state index in [-0.39, 0.29) is 12.5 Å². The third-order valence-corrected chi connectivity index (χ3v) is 1.95. The average molecular weight is 224 g/mol. The first-order chi connectivity index (χ1) is 7.15. The molecule has 0 bridgehead atoms. The molecular formula is C9H12N4OS. The van der Waals surface area contributed by atoms with E-state index in [2.05, 4.69) is 9.97 Å². The van der Waals surface area contributed by atoms with Crippen LogP contribution in [0, 0.1) is 0 Å². The van der Waals surface area contributed by atoms with Gasteiger partial charge in [0.15, 0.2) is 0 Å². The second-order valence-corrected chi connectivity index (χ2v) is 3.44. The lowest BCUT2D eigenvalue weighted by Gasteiger charge is -2.19. The molecule has 1 heterocycles. The molecule has 0 atom stereocenters. The predicted molar refractivity (Wildman–Crippen MR) is 60.4 cm³/mol. The third-order valence-electron chi connectivity index (χ3n) is 1.82. The van der Waals surface area contributed by atoms with Crippen LogP contribution < -0.4 is 5.73 Å². The Morgan fingerprint density at radius 2 is 2.13 bits per heavy atom. The highest BCUT2D eigenvalue weighted by Gasteiger charge is 2.14. The van der Waals surface area contributed by atoms with Crippen molar-refractivity contribution in [3.8, 4) is 0 Å². The molecule has 5 nitrogen and oxygen atoms in total. The maximum Gasteiger partial charge on any atom is 0.257 e. The molecule has 80 valence electrons. The van der Waals surface area contributed by atoms with Crippen LogP contribution in [0.25, 0.3) is 0 Å². The maximum absolute atomic E-state index is 11.8. The summed E-state index contributed by atoms with van der Waals surface area (Å²) < 4.78 is 0. The monoisotopic (exact) mass is 224 g/mol. The molecule has 1 rings (SSSR count). The van der Waals surface area contributed by atoms with Gasteiger partial charge < -0.3 is 10.6 Å². The summed E-state index contributed by atoms with van der Waals surface area (Å²) in [6.07, 6.45) is 4.32. The molecular weight excluding hydrogens is 212 g/mol. The fraction of sp³-hybridized carbons (Fsp3) is 0.333. The Kier molecular flexibility index (Phi) is 4.11. The molecule has 0 aliphatic carbocycles. The van der Waals surface area contributed by atoms with E-state index in [9.17, 15) is 4.79 Å². The molecule has 0 radical (unpaired) electrons. The number of aromatic nitrogens is 2. The normalized spacial score (nSPS) is 9.67. The third kappa shape index (κ3) is 3.25. The molecule has 1 aromatic heterocycles. The molecule has 1 aromatic rings. The van der Waals surface area contributed by atoms with Crippen LogP contribution >= 0.6 is 12.2 Å². The van der Waals surface area contributed by atoms with E-state index >= 15 is 0 Å².